The van der Waals surface area contributed by atoms with Crippen molar-refractivity contribution in [2.24, 2.45) is 0 Å². The van der Waals surface area contributed by atoms with Crippen LogP contribution in [0.3, 0.4) is 0 Å². The van der Waals surface area contributed by atoms with Gasteiger partial charge >= 0.3 is 0 Å². The molecular formula is C14H10BrN3O. The molecule has 19 heavy (non-hydrogen) atoms. The molecule has 3 rings (SSSR count). The third kappa shape index (κ3) is 2.13. The molecule has 4 nitrogen and oxygen atoms in total. The molecule has 3 aromatic rings. The molecule has 2 aromatic heterocycles. The number of anilines is 1. The third-order valence-electron chi connectivity index (χ3n) is 2.79. The lowest BCUT2D eigenvalue weighted by atomic mass is 10.0. The number of aromatic nitrogens is 2. The van der Waals surface area contributed by atoms with Gasteiger partial charge in [-0.15, -0.1) is 0 Å². The van der Waals surface area contributed by atoms with Gasteiger partial charge in [-0.3, -0.25) is 4.98 Å². The van der Waals surface area contributed by atoms with E-state index >= 15 is 0 Å². The van der Waals surface area contributed by atoms with Crippen LogP contribution in [0.2, 0.25) is 0 Å². The third-order valence-corrected chi connectivity index (χ3v) is 3.48. The van der Waals surface area contributed by atoms with Crippen LogP contribution in [0.25, 0.3) is 22.5 Å². The zero-order valence-corrected chi connectivity index (χ0v) is 11.5. The average Bonchev–Trinajstić information content (AvgIpc) is 2.82. The highest BCUT2D eigenvalue weighted by atomic mass is 79.9. The Hall–Kier alpha value is -2.14. The largest absolute Gasteiger partial charge is 0.380 e. The van der Waals surface area contributed by atoms with Gasteiger partial charge in [-0.25, -0.2) is 0 Å². The van der Waals surface area contributed by atoms with Crippen LogP contribution in [0.5, 0.6) is 0 Å². The molecule has 94 valence electrons. The molecule has 0 saturated carbocycles. The molecule has 0 aliphatic rings. The second-order valence-electron chi connectivity index (χ2n) is 3.99. The summed E-state index contributed by atoms with van der Waals surface area (Å²) in [6.07, 6.45) is 3.43. The van der Waals surface area contributed by atoms with Crippen LogP contribution in [0.15, 0.2) is 57.8 Å². The van der Waals surface area contributed by atoms with E-state index in [4.69, 9.17) is 10.3 Å². The van der Waals surface area contributed by atoms with E-state index in [2.05, 4.69) is 26.1 Å². The standard InChI is InChI=1S/C14H10BrN3O/c15-11-6-2-1-5-10(11)12-13(19-18-14(12)16)9-4-3-7-17-8-9/h1-8H,(H2,16,18). The number of pyridine rings is 1. The molecule has 0 bridgehead atoms. The number of hydrogen-bond donors (Lipinski definition) is 1. The number of hydrogen-bond acceptors (Lipinski definition) is 4. The Balaban J connectivity index is 2.23. The van der Waals surface area contributed by atoms with Crippen molar-refractivity contribution in [3.05, 3.63) is 53.3 Å². The van der Waals surface area contributed by atoms with Crippen molar-refractivity contribution in [3.63, 3.8) is 0 Å². The van der Waals surface area contributed by atoms with Gasteiger partial charge < -0.3 is 10.3 Å². The van der Waals surface area contributed by atoms with E-state index in [-0.39, 0.29) is 0 Å². The van der Waals surface area contributed by atoms with E-state index in [1.807, 2.05) is 36.4 Å². The maximum absolute atomic E-state index is 5.93. The first-order chi connectivity index (χ1) is 9.27. The first-order valence-electron chi connectivity index (χ1n) is 5.68. The van der Waals surface area contributed by atoms with Gasteiger partial charge in [0.15, 0.2) is 11.6 Å². The van der Waals surface area contributed by atoms with Crippen LogP contribution in [0.4, 0.5) is 5.82 Å². The van der Waals surface area contributed by atoms with Crippen molar-refractivity contribution >= 4 is 21.7 Å². The Bertz CT molecular complexity index is 710. The lowest BCUT2D eigenvalue weighted by Crippen LogP contribution is -1.89. The van der Waals surface area contributed by atoms with Gasteiger partial charge in [-0.1, -0.05) is 39.3 Å². The number of rotatable bonds is 2. The van der Waals surface area contributed by atoms with E-state index in [1.54, 1.807) is 12.4 Å². The van der Waals surface area contributed by atoms with Crippen molar-refractivity contribution in [1.82, 2.24) is 10.1 Å². The SMILES string of the molecule is Nc1noc(-c2cccnc2)c1-c1ccccc1Br. The number of nitrogens with zero attached hydrogens (tertiary/aromatic N) is 2. The van der Waals surface area contributed by atoms with Crippen LogP contribution in [-0.4, -0.2) is 10.1 Å². The lowest BCUT2D eigenvalue weighted by Gasteiger charge is -2.04. The van der Waals surface area contributed by atoms with Crippen LogP contribution >= 0.6 is 15.9 Å². The van der Waals surface area contributed by atoms with Gasteiger partial charge in [-0.2, -0.15) is 0 Å². The molecule has 2 N–H and O–H groups in total. The fourth-order valence-electron chi connectivity index (χ4n) is 1.92. The Morgan fingerprint density at radius 1 is 1.11 bits per heavy atom. The summed E-state index contributed by atoms with van der Waals surface area (Å²) >= 11 is 3.52. The fraction of sp³-hybridized carbons (Fsp3) is 0. The molecule has 0 atom stereocenters. The Labute approximate surface area is 118 Å². The molecule has 0 spiro atoms. The summed E-state index contributed by atoms with van der Waals surface area (Å²) in [5.41, 5.74) is 8.50. The Morgan fingerprint density at radius 3 is 2.68 bits per heavy atom. The number of nitrogen functional groups attached to an aromatic ring is 1. The van der Waals surface area contributed by atoms with Crippen molar-refractivity contribution in [1.29, 1.82) is 0 Å². The molecule has 1 aromatic carbocycles. The van der Waals surface area contributed by atoms with Crippen LogP contribution in [-0.2, 0) is 0 Å². The van der Waals surface area contributed by atoms with E-state index in [0.29, 0.717) is 11.6 Å². The first kappa shape index (κ1) is 11.9. The predicted molar refractivity (Wildman–Crippen MR) is 77.3 cm³/mol. The zero-order chi connectivity index (χ0) is 13.2. The van der Waals surface area contributed by atoms with E-state index in [1.165, 1.54) is 0 Å². The summed E-state index contributed by atoms with van der Waals surface area (Å²) in [5, 5.41) is 3.86. The first-order valence-corrected chi connectivity index (χ1v) is 6.47. The highest BCUT2D eigenvalue weighted by Crippen LogP contribution is 2.39. The molecule has 5 heteroatoms. The molecule has 0 unspecified atom stereocenters. The molecular weight excluding hydrogens is 306 g/mol. The molecule has 0 aliphatic heterocycles. The molecule has 0 radical (unpaired) electrons. The van der Waals surface area contributed by atoms with Gasteiger partial charge in [-0.05, 0) is 18.2 Å². The summed E-state index contributed by atoms with van der Waals surface area (Å²) in [6.45, 7) is 0. The van der Waals surface area contributed by atoms with E-state index in [0.717, 1.165) is 21.2 Å². The minimum atomic E-state index is 0.366. The molecule has 2 heterocycles. The summed E-state index contributed by atoms with van der Waals surface area (Å²) in [5.74, 6) is 0.989. The van der Waals surface area contributed by atoms with Gasteiger partial charge in [0.05, 0.1) is 5.56 Å². The predicted octanol–water partition coefficient (Wildman–Crippen LogP) is 3.75. The van der Waals surface area contributed by atoms with Crippen LogP contribution in [0.1, 0.15) is 0 Å². The summed E-state index contributed by atoms with van der Waals surface area (Å²) in [6, 6.07) is 11.6. The number of halogens is 1. The van der Waals surface area contributed by atoms with Crippen molar-refractivity contribution < 1.29 is 4.52 Å². The highest BCUT2D eigenvalue weighted by Gasteiger charge is 2.19. The number of nitrogens with two attached hydrogens (primary N) is 1. The van der Waals surface area contributed by atoms with Crippen LogP contribution < -0.4 is 5.73 Å². The van der Waals surface area contributed by atoms with Gasteiger partial charge in [0.1, 0.15) is 0 Å². The maximum atomic E-state index is 5.93. The Morgan fingerprint density at radius 2 is 1.95 bits per heavy atom. The van der Waals surface area contributed by atoms with Gasteiger partial charge in [0, 0.05) is 28.0 Å². The molecule has 0 saturated heterocycles. The van der Waals surface area contributed by atoms with Crippen molar-refractivity contribution in [2.75, 3.05) is 5.73 Å². The quantitative estimate of drug-likeness (QED) is 0.782. The second-order valence-corrected chi connectivity index (χ2v) is 4.85. The smallest absolute Gasteiger partial charge is 0.178 e. The Kier molecular flexibility index (Phi) is 3.05. The maximum Gasteiger partial charge on any atom is 0.178 e. The van der Waals surface area contributed by atoms with Gasteiger partial charge in [0.25, 0.3) is 0 Å². The van der Waals surface area contributed by atoms with E-state index < -0.39 is 0 Å². The highest BCUT2D eigenvalue weighted by molar-refractivity contribution is 9.10. The summed E-state index contributed by atoms with van der Waals surface area (Å²) < 4.78 is 6.29. The monoisotopic (exact) mass is 315 g/mol. The normalized spacial score (nSPS) is 10.6. The minimum Gasteiger partial charge on any atom is -0.380 e. The number of benzene rings is 1. The molecule has 0 fully saturated rings. The summed E-state index contributed by atoms with van der Waals surface area (Å²) in [4.78, 5) is 4.09. The van der Waals surface area contributed by atoms with Crippen LogP contribution in [0, 0.1) is 0 Å². The zero-order valence-electron chi connectivity index (χ0n) is 9.88. The second kappa shape index (κ2) is 4.85. The van der Waals surface area contributed by atoms with Crippen molar-refractivity contribution in [3.8, 4) is 22.5 Å². The average molecular weight is 316 g/mol. The van der Waals surface area contributed by atoms with Gasteiger partial charge in [0.2, 0.25) is 0 Å². The topological polar surface area (TPSA) is 64.9 Å². The minimum absolute atomic E-state index is 0.366. The summed E-state index contributed by atoms with van der Waals surface area (Å²) in [7, 11) is 0. The lowest BCUT2D eigenvalue weighted by molar-refractivity contribution is 0.436. The fourth-order valence-corrected chi connectivity index (χ4v) is 2.40. The van der Waals surface area contributed by atoms with E-state index in [9.17, 15) is 0 Å². The van der Waals surface area contributed by atoms with Crippen molar-refractivity contribution in [2.45, 2.75) is 0 Å². The molecule has 0 aliphatic carbocycles. The molecule has 0 amide bonds.